The van der Waals surface area contributed by atoms with Gasteiger partial charge in [-0.25, -0.2) is 13.6 Å². The van der Waals surface area contributed by atoms with Crippen molar-refractivity contribution in [3.8, 4) is 11.5 Å². The van der Waals surface area contributed by atoms with Gasteiger partial charge in [0.25, 0.3) is 5.91 Å². The molecule has 3 aromatic carbocycles. The Morgan fingerprint density at radius 2 is 1.46 bits per heavy atom. The molecule has 7 heteroatoms. The first-order valence-electron chi connectivity index (χ1n) is 8.27. The molecule has 5 nitrogen and oxygen atoms in total. The molecule has 0 aromatic heterocycles. The van der Waals surface area contributed by atoms with Crippen LogP contribution in [0.25, 0.3) is 0 Å². The lowest BCUT2D eigenvalue weighted by Crippen LogP contribution is -2.22. The van der Waals surface area contributed by atoms with E-state index in [9.17, 15) is 18.4 Å². The van der Waals surface area contributed by atoms with E-state index < -0.39 is 35.8 Å². The van der Waals surface area contributed by atoms with E-state index in [4.69, 9.17) is 9.47 Å². The Kier molecular flexibility index (Phi) is 5.96. The molecule has 0 bridgehead atoms. The number of carbonyl (C=O) groups is 2. The second kappa shape index (κ2) is 8.77. The van der Waals surface area contributed by atoms with E-state index in [1.54, 1.807) is 42.5 Å². The van der Waals surface area contributed by atoms with E-state index in [0.29, 0.717) is 5.75 Å². The predicted octanol–water partition coefficient (Wildman–Crippen LogP) is 4.55. The van der Waals surface area contributed by atoms with Crippen molar-refractivity contribution in [1.29, 1.82) is 0 Å². The maximum atomic E-state index is 13.6. The zero-order valence-corrected chi connectivity index (χ0v) is 14.5. The fourth-order valence-electron chi connectivity index (χ4n) is 2.34. The minimum absolute atomic E-state index is 0.108. The molecule has 0 spiro atoms. The van der Waals surface area contributed by atoms with Crippen molar-refractivity contribution in [3.63, 3.8) is 0 Å². The SMILES string of the molecule is O=C(COC(=O)c1ccccc1Oc1ccccc1)Nc1c(F)cccc1F. The first-order valence-corrected chi connectivity index (χ1v) is 8.27. The molecule has 3 aromatic rings. The van der Waals surface area contributed by atoms with Crippen LogP contribution in [0.3, 0.4) is 0 Å². The number of hydrogen-bond donors (Lipinski definition) is 1. The van der Waals surface area contributed by atoms with E-state index in [-0.39, 0.29) is 11.3 Å². The molecule has 0 aliphatic heterocycles. The van der Waals surface area contributed by atoms with Gasteiger partial charge in [0, 0.05) is 0 Å². The summed E-state index contributed by atoms with van der Waals surface area (Å²) in [4.78, 5) is 24.2. The monoisotopic (exact) mass is 383 g/mol. The molecule has 0 atom stereocenters. The summed E-state index contributed by atoms with van der Waals surface area (Å²) in [7, 11) is 0. The maximum Gasteiger partial charge on any atom is 0.342 e. The van der Waals surface area contributed by atoms with Gasteiger partial charge >= 0.3 is 5.97 Å². The lowest BCUT2D eigenvalue weighted by molar-refractivity contribution is -0.119. The van der Waals surface area contributed by atoms with Crippen molar-refractivity contribution in [2.24, 2.45) is 0 Å². The third-order valence-electron chi connectivity index (χ3n) is 3.64. The molecule has 3 rings (SSSR count). The van der Waals surface area contributed by atoms with Gasteiger partial charge in [0.05, 0.1) is 0 Å². The van der Waals surface area contributed by atoms with Crippen molar-refractivity contribution in [2.75, 3.05) is 11.9 Å². The molecule has 0 aliphatic carbocycles. The Balaban J connectivity index is 1.64. The van der Waals surface area contributed by atoms with Gasteiger partial charge in [-0.2, -0.15) is 0 Å². The van der Waals surface area contributed by atoms with Crippen LogP contribution in [0.1, 0.15) is 10.4 Å². The first kappa shape index (κ1) is 19.0. The largest absolute Gasteiger partial charge is 0.456 e. The Hall–Kier alpha value is -3.74. The number of anilines is 1. The van der Waals surface area contributed by atoms with Crippen molar-refractivity contribution in [1.82, 2.24) is 0 Å². The minimum Gasteiger partial charge on any atom is -0.456 e. The van der Waals surface area contributed by atoms with Gasteiger partial charge in [0.15, 0.2) is 6.61 Å². The van der Waals surface area contributed by atoms with Crippen molar-refractivity contribution < 1.29 is 27.8 Å². The van der Waals surface area contributed by atoms with E-state index in [1.807, 2.05) is 11.4 Å². The third kappa shape index (κ3) is 4.70. The number of benzene rings is 3. The van der Waals surface area contributed by atoms with Crippen LogP contribution in [-0.4, -0.2) is 18.5 Å². The molecular weight excluding hydrogens is 368 g/mol. The molecular formula is C21H15F2NO4. The van der Waals surface area contributed by atoms with E-state index in [0.717, 1.165) is 12.1 Å². The zero-order valence-electron chi connectivity index (χ0n) is 14.5. The molecule has 1 amide bonds. The second-order valence-electron chi connectivity index (χ2n) is 5.63. The van der Waals surface area contributed by atoms with Gasteiger partial charge in [-0.3, -0.25) is 4.79 Å². The summed E-state index contributed by atoms with van der Waals surface area (Å²) in [5.41, 5.74) is -0.493. The van der Waals surface area contributed by atoms with Crippen LogP contribution >= 0.6 is 0 Å². The standard InChI is InChI=1S/C21H15F2NO4/c22-16-10-6-11-17(23)20(16)24-19(25)13-27-21(26)15-9-4-5-12-18(15)28-14-7-2-1-3-8-14/h1-12H,13H2,(H,24,25). The molecule has 0 aliphatic rings. The van der Waals surface area contributed by atoms with Gasteiger partial charge < -0.3 is 14.8 Å². The number of esters is 1. The summed E-state index contributed by atoms with van der Waals surface area (Å²) < 4.78 is 37.7. The van der Waals surface area contributed by atoms with Crippen molar-refractivity contribution in [3.05, 3.63) is 90.0 Å². The Bertz CT molecular complexity index is 972. The highest BCUT2D eigenvalue weighted by molar-refractivity contribution is 5.97. The van der Waals surface area contributed by atoms with E-state index >= 15 is 0 Å². The van der Waals surface area contributed by atoms with Gasteiger partial charge in [-0.05, 0) is 36.4 Å². The molecule has 0 radical (unpaired) electrons. The molecule has 1 N–H and O–H groups in total. The quantitative estimate of drug-likeness (QED) is 0.634. The van der Waals surface area contributed by atoms with Crippen LogP contribution in [0.4, 0.5) is 14.5 Å². The average Bonchev–Trinajstić information content (AvgIpc) is 2.70. The molecule has 0 heterocycles. The molecule has 28 heavy (non-hydrogen) atoms. The van der Waals surface area contributed by atoms with E-state index in [1.165, 1.54) is 12.1 Å². The fourth-order valence-corrected chi connectivity index (χ4v) is 2.34. The normalized spacial score (nSPS) is 10.2. The topological polar surface area (TPSA) is 64.6 Å². The summed E-state index contributed by atoms with van der Waals surface area (Å²) in [5.74, 6) is -2.77. The first-order chi connectivity index (χ1) is 13.5. The van der Waals surface area contributed by atoms with Crippen LogP contribution in [0.2, 0.25) is 0 Å². The minimum atomic E-state index is -0.929. The van der Waals surface area contributed by atoms with Crippen molar-refractivity contribution in [2.45, 2.75) is 0 Å². The molecule has 0 fully saturated rings. The summed E-state index contributed by atoms with van der Waals surface area (Å²) in [6.45, 7) is -0.716. The highest BCUT2D eigenvalue weighted by Crippen LogP contribution is 2.25. The van der Waals surface area contributed by atoms with E-state index in [2.05, 4.69) is 0 Å². The van der Waals surface area contributed by atoms with Gasteiger partial charge in [-0.1, -0.05) is 36.4 Å². The Morgan fingerprint density at radius 1 is 0.821 bits per heavy atom. The Labute approximate surface area is 159 Å². The smallest absolute Gasteiger partial charge is 0.342 e. The van der Waals surface area contributed by atoms with Crippen LogP contribution in [0.15, 0.2) is 72.8 Å². The highest BCUT2D eigenvalue weighted by atomic mass is 19.1. The molecule has 0 saturated heterocycles. The second-order valence-corrected chi connectivity index (χ2v) is 5.63. The average molecular weight is 383 g/mol. The predicted molar refractivity (Wildman–Crippen MR) is 98.2 cm³/mol. The molecule has 0 saturated carbocycles. The number of carbonyl (C=O) groups excluding carboxylic acids is 2. The molecule has 0 unspecified atom stereocenters. The van der Waals surface area contributed by atoms with Crippen LogP contribution in [-0.2, 0) is 9.53 Å². The fraction of sp³-hybridized carbons (Fsp3) is 0.0476. The third-order valence-corrected chi connectivity index (χ3v) is 3.64. The van der Waals surface area contributed by atoms with Crippen LogP contribution in [0.5, 0.6) is 11.5 Å². The zero-order chi connectivity index (χ0) is 19.9. The lowest BCUT2D eigenvalue weighted by Gasteiger charge is -2.11. The summed E-state index contributed by atoms with van der Waals surface area (Å²) in [6, 6.07) is 18.4. The van der Waals surface area contributed by atoms with Gasteiger partial charge in [-0.15, -0.1) is 0 Å². The summed E-state index contributed by atoms with van der Waals surface area (Å²) in [5, 5.41) is 2.04. The molecule has 142 valence electrons. The van der Waals surface area contributed by atoms with Crippen molar-refractivity contribution >= 4 is 17.6 Å². The number of ether oxygens (including phenoxy) is 2. The highest BCUT2D eigenvalue weighted by Gasteiger charge is 2.17. The number of nitrogens with one attached hydrogen (secondary N) is 1. The van der Waals surface area contributed by atoms with Crippen LogP contribution in [0, 0.1) is 11.6 Å². The summed E-state index contributed by atoms with van der Waals surface area (Å²) in [6.07, 6.45) is 0. The number of amides is 1. The number of para-hydroxylation sites is 3. The Morgan fingerprint density at radius 3 is 2.18 bits per heavy atom. The van der Waals surface area contributed by atoms with Gasteiger partial charge in [0.1, 0.15) is 34.4 Å². The number of rotatable bonds is 6. The summed E-state index contributed by atoms with van der Waals surface area (Å²) >= 11 is 0. The number of halogens is 2. The van der Waals surface area contributed by atoms with Gasteiger partial charge in [0.2, 0.25) is 0 Å². The van der Waals surface area contributed by atoms with Crippen LogP contribution < -0.4 is 10.1 Å². The maximum absolute atomic E-state index is 13.6. The lowest BCUT2D eigenvalue weighted by atomic mass is 10.2. The number of hydrogen-bond acceptors (Lipinski definition) is 4.